The van der Waals surface area contributed by atoms with E-state index in [4.69, 9.17) is 22.1 Å². The Balaban J connectivity index is 1.96. The van der Waals surface area contributed by atoms with Crippen LogP contribution in [0.4, 0.5) is 5.13 Å². The van der Waals surface area contributed by atoms with E-state index in [1.165, 1.54) is 23.7 Å². The van der Waals surface area contributed by atoms with Crippen molar-refractivity contribution in [1.29, 1.82) is 0 Å². The summed E-state index contributed by atoms with van der Waals surface area (Å²) in [6.07, 6.45) is 2.99. The molecule has 0 aromatic carbocycles. The molecule has 0 aliphatic heterocycles. The van der Waals surface area contributed by atoms with Crippen LogP contribution in [0.25, 0.3) is 0 Å². The SMILES string of the molecule is Nc1nnc(OCc2cnc(Cl)cn2)s1. The smallest absolute Gasteiger partial charge is 0.296 e. The van der Waals surface area contributed by atoms with Gasteiger partial charge in [-0.1, -0.05) is 16.7 Å². The van der Waals surface area contributed by atoms with Crippen LogP contribution in [0.5, 0.6) is 5.19 Å². The van der Waals surface area contributed by atoms with Gasteiger partial charge in [0, 0.05) is 0 Å². The van der Waals surface area contributed by atoms with Crippen molar-refractivity contribution in [1.82, 2.24) is 20.2 Å². The van der Waals surface area contributed by atoms with E-state index in [1.807, 2.05) is 0 Å². The Morgan fingerprint density at radius 1 is 1.33 bits per heavy atom. The third kappa shape index (κ3) is 2.74. The molecule has 2 rings (SSSR count). The van der Waals surface area contributed by atoms with Gasteiger partial charge in [-0.3, -0.25) is 4.98 Å². The first-order valence-electron chi connectivity index (χ1n) is 3.92. The largest absolute Gasteiger partial charge is 0.462 e. The molecule has 0 aliphatic carbocycles. The van der Waals surface area contributed by atoms with Crippen LogP contribution in [0.15, 0.2) is 12.4 Å². The van der Waals surface area contributed by atoms with Gasteiger partial charge in [0.25, 0.3) is 5.19 Å². The van der Waals surface area contributed by atoms with E-state index in [2.05, 4.69) is 20.2 Å². The van der Waals surface area contributed by atoms with Crippen LogP contribution < -0.4 is 10.5 Å². The molecule has 0 saturated heterocycles. The predicted molar refractivity (Wildman–Crippen MR) is 55.7 cm³/mol. The summed E-state index contributed by atoms with van der Waals surface area (Å²) in [5.41, 5.74) is 6.05. The highest BCUT2D eigenvalue weighted by Gasteiger charge is 2.03. The second-order valence-electron chi connectivity index (χ2n) is 2.53. The molecule has 0 aliphatic rings. The van der Waals surface area contributed by atoms with Crippen molar-refractivity contribution in [3.05, 3.63) is 23.2 Å². The zero-order valence-corrected chi connectivity index (χ0v) is 8.99. The van der Waals surface area contributed by atoms with Crippen LogP contribution in [0.3, 0.4) is 0 Å². The Bertz CT molecular complexity index is 445. The van der Waals surface area contributed by atoms with Gasteiger partial charge < -0.3 is 10.5 Å². The molecule has 2 aromatic heterocycles. The molecule has 0 atom stereocenters. The lowest BCUT2D eigenvalue weighted by Gasteiger charge is -1.99. The van der Waals surface area contributed by atoms with E-state index >= 15 is 0 Å². The Hall–Kier alpha value is -1.47. The molecular formula is C7H6ClN5OS. The number of hydrogen-bond acceptors (Lipinski definition) is 7. The maximum Gasteiger partial charge on any atom is 0.296 e. The zero-order valence-electron chi connectivity index (χ0n) is 7.42. The number of aromatic nitrogens is 4. The van der Waals surface area contributed by atoms with E-state index in [-0.39, 0.29) is 6.61 Å². The van der Waals surface area contributed by atoms with E-state index in [0.717, 1.165) is 0 Å². The van der Waals surface area contributed by atoms with Gasteiger partial charge in [-0.05, 0) is 11.3 Å². The maximum absolute atomic E-state index is 5.58. The van der Waals surface area contributed by atoms with Gasteiger partial charge >= 0.3 is 0 Å². The van der Waals surface area contributed by atoms with Gasteiger partial charge in [-0.2, -0.15) is 0 Å². The Labute approximate surface area is 94.1 Å². The van der Waals surface area contributed by atoms with Crippen molar-refractivity contribution in [3.63, 3.8) is 0 Å². The average molecular weight is 244 g/mol. The molecule has 15 heavy (non-hydrogen) atoms. The van der Waals surface area contributed by atoms with Gasteiger partial charge in [0.2, 0.25) is 5.13 Å². The monoisotopic (exact) mass is 243 g/mol. The van der Waals surface area contributed by atoms with Crippen LogP contribution in [0.2, 0.25) is 5.15 Å². The van der Waals surface area contributed by atoms with Crippen LogP contribution in [0.1, 0.15) is 5.69 Å². The van der Waals surface area contributed by atoms with Crippen molar-refractivity contribution < 1.29 is 4.74 Å². The number of hydrogen-bond donors (Lipinski definition) is 1. The molecule has 78 valence electrons. The highest BCUT2D eigenvalue weighted by atomic mass is 35.5. The predicted octanol–water partition coefficient (Wildman–Crippen LogP) is 1.14. The molecule has 0 amide bonds. The lowest BCUT2D eigenvalue weighted by atomic mass is 10.5. The van der Waals surface area contributed by atoms with Gasteiger partial charge in [0.1, 0.15) is 11.8 Å². The van der Waals surface area contributed by atoms with Gasteiger partial charge in [-0.15, -0.1) is 5.10 Å². The summed E-state index contributed by atoms with van der Waals surface area (Å²) in [4.78, 5) is 7.87. The lowest BCUT2D eigenvalue weighted by molar-refractivity contribution is 0.296. The topological polar surface area (TPSA) is 86.8 Å². The normalized spacial score (nSPS) is 10.2. The first kappa shape index (κ1) is 10.1. The number of nitrogen functional groups attached to an aromatic ring is 1. The fourth-order valence-electron chi connectivity index (χ4n) is 0.828. The van der Waals surface area contributed by atoms with Crippen molar-refractivity contribution >= 4 is 28.1 Å². The highest BCUT2D eigenvalue weighted by Crippen LogP contribution is 2.19. The Morgan fingerprint density at radius 2 is 2.20 bits per heavy atom. The van der Waals surface area contributed by atoms with Crippen LogP contribution >= 0.6 is 22.9 Å². The Morgan fingerprint density at radius 3 is 2.80 bits per heavy atom. The van der Waals surface area contributed by atoms with Crippen molar-refractivity contribution in [3.8, 4) is 5.19 Å². The number of nitrogens with zero attached hydrogens (tertiary/aromatic N) is 4. The quantitative estimate of drug-likeness (QED) is 0.870. The van der Waals surface area contributed by atoms with Gasteiger partial charge in [0.05, 0.1) is 18.1 Å². The molecule has 2 heterocycles. The van der Waals surface area contributed by atoms with E-state index in [9.17, 15) is 0 Å². The minimum atomic E-state index is 0.263. The number of nitrogens with two attached hydrogens (primary N) is 1. The zero-order chi connectivity index (χ0) is 10.7. The molecular weight excluding hydrogens is 238 g/mol. The third-order valence-corrected chi connectivity index (χ3v) is 2.30. The number of ether oxygens (including phenoxy) is 1. The lowest BCUT2D eigenvalue weighted by Crippen LogP contribution is -1.98. The van der Waals surface area contributed by atoms with E-state index in [1.54, 1.807) is 0 Å². The summed E-state index contributed by atoms with van der Waals surface area (Å²) in [5, 5.41) is 8.42. The molecule has 0 saturated carbocycles. The summed E-state index contributed by atoms with van der Waals surface area (Å²) in [7, 11) is 0. The summed E-state index contributed by atoms with van der Waals surface area (Å²) in [5.74, 6) is 0. The molecule has 0 bridgehead atoms. The maximum atomic E-state index is 5.58. The van der Waals surface area contributed by atoms with Gasteiger partial charge in [0.15, 0.2) is 0 Å². The third-order valence-electron chi connectivity index (χ3n) is 1.44. The fraction of sp³-hybridized carbons (Fsp3) is 0.143. The molecule has 8 heteroatoms. The minimum absolute atomic E-state index is 0.263. The minimum Gasteiger partial charge on any atom is -0.462 e. The highest BCUT2D eigenvalue weighted by molar-refractivity contribution is 7.16. The number of anilines is 1. The summed E-state index contributed by atoms with van der Waals surface area (Å²) < 4.78 is 5.27. The number of rotatable bonds is 3. The van der Waals surface area contributed by atoms with E-state index in [0.29, 0.717) is 21.2 Å². The molecule has 0 fully saturated rings. The first-order valence-corrected chi connectivity index (χ1v) is 5.11. The van der Waals surface area contributed by atoms with Crippen molar-refractivity contribution in [2.24, 2.45) is 0 Å². The standard InChI is InChI=1S/C7H6ClN5OS/c8-5-2-10-4(1-11-5)3-14-7-13-12-6(9)15-7/h1-2H,3H2,(H2,9,12). The molecule has 0 radical (unpaired) electrons. The molecule has 0 spiro atoms. The summed E-state index contributed by atoms with van der Waals surface area (Å²) in [6, 6.07) is 0. The van der Waals surface area contributed by atoms with Crippen molar-refractivity contribution in [2.75, 3.05) is 5.73 Å². The average Bonchev–Trinajstić information content (AvgIpc) is 2.64. The van der Waals surface area contributed by atoms with E-state index < -0.39 is 0 Å². The molecule has 2 N–H and O–H groups in total. The Kier molecular flexibility index (Phi) is 2.93. The number of halogens is 1. The van der Waals surface area contributed by atoms with Gasteiger partial charge in [-0.25, -0.2) is 4.98 Å². The second-order valence-corrected chi connectivity index (χ2v) is 3.88. The molecule has 6 nitrogen and oxygen atoms in total. The van der Waals surface area contributed by atoms with Crippen molar-refractivity contribution in [2.45, 2.75) is 6.61 Å². The summed E-state index contributed by atoms with van der Waals surface area (Å²) >= 11 is 6.75. The van der Waals surface area contributed by atoms with Crippen LogP contribution in [0, 0.1) is 0 Å². The fourth-order valence-corrected chi connectivity index (χ4v) is 1.39. The van der Waals surface area contributed by atoms with Crippen LogP contribution in [-0.4, -0.2) is 20.2 Å². The summed E-state index contributed by atoms with van der Waals surface area (Å²) in [6.45, 7) is 0.263. The van der Waals surface area contributed by atoms with Crippen LogP contribution in [-0.2, 0) is 6.61 Å². The first-order chi connectivity index (χ1) is 7.24. The molecule has 2 aromatic rings. The molecule has 0 unspecified atom stereocenters. The second kappa shape index (κ2) is 4.37.